The molecule has 0 fully saturated rings. The molecule has 0 aliphatic rings. The molecule has 11 rings (SSSR count). The molecule has 0 amide bonds. The standard InChI is InChI=1S/C52H31N5O/c53-32-33-13-11-18-36(27-33)38-28-39(52-55-50(34-14-3-1-4-15-34)54-51(56-52)35-16-5-2-6-17-35)30-40(29-38)57-46-23-9-7-19-42(46)43-26-25-37(31-47(43)57)41-21-12-22-45-44-20-8-10-24-48(44)58-49(41)45/h1-31H. The number of rotatable bonds is 6. The fraction of sp³-hybridized carbons (Fsp3) is 0. The largest absolute Gasteiger partial charge is 0.455 e. The molecule has 0 spiro atoms. The van der Waals surface area contributed by atoms with Gasteiger partial charge in [0.1, 0.15) is 11.2 Å². The smallest absolute Gasteiger partial charge is 0.164 e. The van der Waals surface area contributed by atoms with Crippen LogP contribution >= 0.6 is 0 Å². The minimum Gasteiger partial charge on any atom is -0.455 e. The number of para-hydroxylation sites is 3. The maximum atomic E-state index is 9.90. The molecule has 6 nitrogen and oxygen atoms in total. The van der Waals surface area contributed by atoms with Gasteiger partial charge in [-0.1, -0.05) is 140 Å². The molecule has 3 aromatic heterocycles. The number of hydrogen-bond donors (Lipinski definition) is 0. The summed E-state index contributed by atoms with van der Waals surface area (Å²) in [6.45, 7) is 0. The highest BCUT2D eigenvalue weighted by Crippen LogP contribution is 2.40. The summed E-state index contributed by atoms with van der Waals surface area (Å²) in [5.74, 6) is 1.72. The van der Waals surface area contributed by atoms with Crippen molar-refractivity contribution in [2.24, 2.45) is 0 Å². The van der Waals surface area contributed by atoms with Crippen molar-refractivity contribution >= 4 is 43.7 Å². The molecule has 0 radical (unpaired) electrons. The Morgan fingerprint density at radius 3 is 1.78 bits per heavy atom. The van der Waals surface area contributed by atoms with Crippen LogP contribution in [0, 0.1) is 11.3 Å². The van der Waals surface area contributed by atoms with Gasteiger partial charge in [-0.2, -0.15) is 5.26 Å². The van der Waals surface area contributed by atoms with Crippen LogP contribution in [0.1, 0.15) is 5.56 Å². The van der Waals surface area contributed by atoms with Crippen molar-refractivity contribution in [3.63, 3.8) is 0 Å². The molecule has 3 heterocycles. The number of fused-ring (bicyclic) bond motifs is 6. The molecular weight excluding hydrogens is 711 g/mol. The van der Waals surface area contributed by atoms with E-state index in [0.29, 0.717) is 23.0 Å². The van der Waals surface area contributed by atoms with Crippen molar-refractivity contribution < 1.29 is 4.42 Å². The third kappa shape index (κ3) is 5.61. The van der Waals surface area contributed by atoms with E-state index in [4.69, 9.17) is 19.4 Å². The van der Waals surface area contributed by atoms with Crippen LogP contribution in [0.15, 0.2) is 192 Å². The SMILES string of the molecule is N#Cc1cccc(-c2cc(-c3nc(-c4ccccc4)nc(-c4ccccc4)n3)cc(-n3c4ccccc4c4ccc(-c5cccc6c5oc5ccccc56)cc43)c2)c1. The Balaban J connectivity index is 1.18. The maximum Gasteiger partial charge on any atom is 0.164 e. The lowest BCUT2D eigenvalue weighted by Crippen LogP contribution is -2.02. The summed E-state index contributed by atoms with van der Waals surface area (Å²) >= 11 is 0. The molecule has 0 aliphatic heterocycles. The summed E-state index contributed by atoms with van der Waals surface area (Å²) in [6.07, 6.45) is 0. The Morgan fingerprint density at radius 2 is 1.02 bits per heavy atom. The first-order valence-electron chi connectivity index (χ1n) is 19.2. The lowest BCUT2D eigenvalue weighted by molar-refractivity contribution is 0.670. The van der Waals surface area contributed by atoms with Crippen LogP contribution < -0.4 is 0 Å². The predicted molar refractivity (Wildman–Crippen MR) is 233 cm³/mol. The van der Waals surface area contributed by atoms with Gasteiger partial charge in [0.15, 0.2) is 17.5 Å². The van der Waals surface area contributed by atoms with Gasteiger partial charge >= 0.3 is 0 Å². The fourth-order valence-corrected chi connectivity index (χ4v) is 8.13. The average Bonchev–Trinajstić information content (AvgIpc) is 3.85. The Morgan fingerprint density at radius 1 is 0.414 bits per heavy atom. The van der Waals surface area contributed by atoms with Gasteiger partial charge in [-0.05, 0) is 65.2 Å². The van der Waals surface area contributed by atoms with Gasteiger partial charge in [0.05, 0.1) is 22.7 Å². The molecule has 58 heavy (non-hydrogen) atoms. The molecule has 0 saturated carbocycles. The molecule has 0 saturated heterocycles. The highest BCUT2D eigenvalue weighted by molar-refractivity contribution is 6.13. The van der Waals surface area contributed by atoms with E-state index in [9.17, 15) is 5.26 Å². The van der Waals surface area contributed by atoms with Crippen molar-refractivity contribution in [1.29, 1.82) is 5.26 Å². The molecule has 0 aliphatic carbocycles. The first kappa shape index (κ1) is 33.2. The van der Waals surface area contributed by atoms with Gasteiger partial charge in [0.2, 0.25) is 0 Å². The van der Waals surface area contributed by atoms with Gasteiger partial charge < -0.3 is 8.98 Å². The maximum absolute atomic E-state index is 9.90. The van der Waals surface area contributed by atoms with E-state index in [2.05, 4.69) is 102 Å². The third-order valence-electron chi connectivity index (χ3n) is 10.8. The highest BCUT2D eigenvalue weighted by atomic mass is 16.3. The minimum absolute atomic E-state index is 0.547. The quantitative estimate of drug-likeness (QED) is 0.169. The molecule has 0 atom stereocenters. The topological polar surface area (TPSA) is 80.5 Å². The number of furan rings is 1. The average molecular weight is 742 g/mol. The summed E-state index contributed by atoms with van der Waals surface area (Å²) < 4.78 is 8.83. The van der Waals surface area contributed by atoms with Crippen LogP contribution in [-0.4, -0.2) is 19.5 Å². The number of benzene rings is 8. The second-order valence-corrected chi connectivity index (χ2v) is 14.4. The minimum atomic E-state index is 0.547. The lowest BCUT2D eigenvalue weighted by Gasteiger charge is -2.15. The van der Waals surface area contributed by atoms with Gasteiger partial charge in [-0.15, -0.1) is 0 Å². The van der Waals surface area contributed by atoms with Crippen LogP contribution in [0.3, 0.4) is 0 Å². The first-order chi connectivity index (χ1) is 28.7. The van der Waals surface area contributed by atoms with Crippen LogP contribution in [0.25, 0.3) is 106 Å². The molecule has 0 bridgehead atoms. The van der Waals surface area contributed by atoms with E-state index in [1.165, 1.54) is 0 Å². The number of nitriles is 1. The third-order valence-corrected chi connectivity index (χ3v) is 10.8. The predicted octanol–water partition coefficient (Wildman–Crippen LogP) is 13.1. The van der Waals surface area contributed by atoms with Crippen molar-refractivity contribution in [3.05, 3.63) is 194 Å². The molecule has 270 valence electrons. The van der Waals surface area contributed by atoms with E-state index >= 15 is 0 Å². The van der Waals surface area contributed by atoms with Crippen LogP contribution in [0.2, 0.25) is 0 Å². The number of aromatic nitrogens is 4. The summed E-state index contributed by atoms with van der Waals surface area (Å²) in [7, 11) is 0. The van der Waals surface area contributed by atoms with E-state index in [1.807, 2.05) is 97.1 Å². The van der Waals surface area contributed by atoms with Crippen LogP contribution in [-0.2, 0) is 0 Å². The summed E-state index contributed by atoms with van der Waals surface area (Å²) in [6, 6.07) is 66.3. The summed E-state index contributed by atoms with van der Waals surface area (Å²) in [5, 5.41) is 14.4. The second kappa shape index (κ2) is 13.6. The number of hydrogen-bond acceptors (Lipinski definition) is 5. The molecule has 8 aromatic carbocycles. The molecule has 0 N–H and O–H groups in total. The van der Waals surface area contributed by atoms with Crippen LogP contribution in [0.4, 0.5) is 0 Å². The highest BCUT2D eigenvalue weighted by Gasteiger charge is 2.19. The molecule has 6 heteroatoms. The second-order valence-electron chi connectivity index (χ2n) is 14.4. The molecular formula is C52H31N5O. The number of nitrogens with zero attached hydrogens (tertiary/aromatic N) is 5. The van der Waals surface area contributed by atoms with Crippen molar-refractivity contribution in [2.45, 2.75) is 0 Å². The Kier molecular flexibility index (Phi) is 7.76. The summed E-state index contributed by atoms with van der Waals surface area (Å²) in [4.78, 5) is 15.2. The monoisotopic (exact) mass is 741 g/mol. The zero-order chi connectivity index (χ0) is 38.6. The zero-order valence-electron chi connectivity index (χ0n) is 31.0. The summed E-state index contributed by atoms with van der Waals surface area (Å²) in [5.41, 5.74) is 11.9. The van der Waals surface area contributed by atoms with Gasteiger partial charge in [-0.3, -0.25) is 0 Å². The van der Waals surface area contributed by atoms with Crippen molar-refractivity contribution in [1.82, 2.24) is 19.5 Å². The zero-order valence-corrected chi connectivity index (χ0v) is 31.0. The first-order valence-corrected chi connectivity index (χ1v) is 19.2. The Labute approximate surface area is 333 Å². The van der Waals surface area contributed by atoms with Crippen molar-refractivity contribution in [2.75, 3.05) is 0 Å². The van der Waals surface area contributed by atoms with Crippen molar-refractivity contribution in [3.8, 4) is 68.2 Å². The van der Waals surface area contributed by atoms with Gasteiger partial charge in [0, 0.05) is 49.5 Å². The van der Waals surface area contributed by atoms with E-state index in [0.717, 1.165) is 88.4 Å². The van der Waals surface area contributed by atoms with E-state index in [1.54, 1.807) is 0 Å². The van der Waals surface area contributed by atoms with Gasteiger partial charge in [-0.25, -0.2) is 15.0 Å². The lowest BCUT2D eigenvalue weighted by atomic mass is 9.99. The van der Waals surface area contributed by atoms with Gasteiger partial charge in [0.25, 0.3) is 0 Å². The Bertz CT molecular complexity index is 3360. The normalized spacial score (nSPS) is 11.4. The Hall–Kier alpha value is -8.14. The van der Waals surface area contributed by atoms with E-state index < -0.39 is 0 Å². The fourth-order valence-electron chi connectivity index (χ4n) is 8.13. The molecule has 11 aromatic rings. The van der Waals surface area contributed by atoms with E-state index in [-0.39, 0.29) is 0 Å². The molecule has 0 unspecified atom stereocenters. The van der Waals surface area contributed by atoms with Crippen LogP contribution in [0.5, 0.6) is 0 Å².